The Morgan fingerprint density at radius 1 is 0.944 bits per heavy atom. The van der Waals surface area contributed by atoms with Crippen molar-refractivity contribution in [2.45, 2.75) is 29.4 Å². The van der Waals surface area contributed by atoms with Crippen LogP contribution in [0, 0.1) is 0 Å². The highest BCUT2D eigenvalue weighted by Crippen LogP contribution is 2.33. The summed E-state index contributed by atoms with van der Waals surface area (Å²) < 4.78 is 26.8. The van der Waals surface area contributed by atoms with E-state index in [0.29, 0.717) is 16.8 Å². The van der Waals surface area contributed by atoms with E-state index in [2.05, 4.69) is 22.0 Å². The molecule has 0 bridgehead atoms. The Bertz CT molecular complexity index is 1390. The molecule has 1 aliphatic heterocycles. The van der Waals surface area contributed by atoms with Gasteiger partial charge in [0.1, 0.15) is 5.25 Å². The Hall–Kier alpha value is -4.11. The summed E-state index contributed by atoms with van der Waals surface area (Å²) >= 11 is 0. The normalized spacial score (nSPS) is 14.2. The summed E-state index contributed by atoms with van der Waals surface area (Å²) in [6.07, 6.45) is 3.54. The van der Waals surface area contributed by atoms with Crippen LogP contribution in [0.3, 0.4) is 0 Å². The average molecular weight is 506 g/mol. The van der Waals surface area contributed by atoms with E-state index in [4.69, 9.17) is 0 Å². The van der Waals surface area contributed by atoms with Crippen LogP contribution in [-0.4, -0.2) is 31.9 Å². The van der Waals surface area contributed by atoms with Gasteiger partial charge >= 0.3 is 5.97 Å². The molecule has 186 valence electrons. The van der Waals surface area contributed by atoms with Crippen LogP contribution in [0.2, 0.25) is 0 Å². The largest absolute Gasteiger partial charge is 0.481 e. The van der Waals surface area contributed by atoms with Crippen LogP contribution in [0.25, 0.3) is 0 Å². The van der Waals surface area contributed by atoms with Gasteiger partial charge in [-0.1, -0.05) is 42.5 Å². The molecular formula is C27H27N3O5S. The summed E-state index contributed by atoms with van der Waals surface area (Å²) in [5.74, 6) is -0.723. The fourth-order valence-electron chi connectivity index (χ4n) is 3.98. The van der Waals surface area contributed by atoms with Crippen LogP contribution in [0.4, 0.5) is 11.4 Å². The summed E-state index contributed by atoms with van der Waals surface area (Å²) in [7, 11) is -4.05. The first-order valence-corrected chi connectivity index (χ1v) is 13.1. The number of nitrogens with one attached hydrogen (secondary N) is 3. The first-order chi connectivity index (χ1) is 17.3. The third-order valence-electron chi connectivity index (χ3n) is 5.77. The van der Waals surface area contributed by atoms with Gasteiger partial charge in [-0.05, 0) is 60.9 Å². The van der Waals surface area contributed by atoms with Crippen LogP contribution in [0.5, 0.6) is 0 Å². The zero-order valence-electron chi connectivity index (χ0n) is 19.5. The van der Waals surface area contributed by atoms with E-state index in [0.717, 1.165) is 30.9 Å². The molecule has 3 aromatic carbocycles. The highest BCUT2D eigenvalue weighted by molar-refractivity contribution is 7.91. The van der Waals surface area contributed by atoms with Crippen molar-refractivity contribution in [1.82, 2.24) is 5.32 Å². The van der Waals surface area contributed by atoms with Crippen molar-refractivity contribution in [2.24, 2.45) is 0 Å². The second-order valence-corrected chi connectivity index (χ2v) is 10.5. The Morgan fingerprint density at radius 2 is 1.69 bits per heavy atom. The molecule has 1 aliphatic rings. The Balaban J connectivity index is 1.54. The molecule has 4 N–H and O–H groups in total. The lowest BCUT2D eigenvalue weighted by molar-refractivity contribution is -0.137. The van der Waals surface area contributed by atoms with E-state index in [-0.39, 0.29) is 4.90 Å². The molecule has 9 heteroatoms. The maximum Gasteiger partial charge on any atom is 0.305 e. The van der Waals surface area contributed by atoms with E-state index < -0.39 is 33.4 Å². The molecular weight excluding hydrogens is 478 g/mol. The SMILES string of the molecule is O=C(O)CC(c1ccccc1)S(=O)(=O)c1cccc(NC(=O)c2cccc(NC3=CCCCN3)c2)c1. The van der Waals surface area contributed by atoms with E-state index in [9.17, 15) is 23.1 Å². The quantitative estimate of drug-likeness (QED) is 0.336. The summed E-state index contributed by atoms with van der Waals surface area (Å²) in [6.45, 7) is 0.885. The van der Waals surface area contributed by atoms with E-state index >= 15 is 0 Å². The minimum atomic E-state index is -4.05. The summed E-state index contributed by atoms with van der Waals surface area (Å²) in [6, 6.07) is 21.1. The van der Waals surface area contributed by atoms with E-state index in [1.54, 1.807) is 54.6 Å². The number of hydrogen-bond acceptors (Lipinski definition) is 6. The highest BCUT2D eigenvalue weighted by Gasteiger charge is 2.31. The molecule has 0 aliphatic carbocycles. The zero-order chi connectivity index (χ0) is 25.5. The van der Waals surface area contributed by atoms with E-state index in [1.165, 1.54) is 18.2 Å². The molecule has 36 heavy (non-hydrogen) atoms. The summed E-state index contributed by atoms with van der Waals surface area (Å²) in [5, 5.41) is 17.4. The monoisotopic (exact) mass is 505 g/mol. The van der Waals surface area contributed by atoms with Crippen LogP contribution in [0.1, 0.15) is 40.4 Å². The molecule has 0 saturated heterocycles. The van der Waals surface area contributed by atoms with Gasteiger partial charge in [-0.3, -0.25) is 9.59 Å². The highest BCUT2D eigenvalue weighted by atomic mass is 32.2. The smallest absolute Gasteiger partial charge is 0.305 e. The van der Waals surface area contributed by atoms with Crippen LogP contribution in [0.15, 0.2) is 95.7 Å². The predicted molar refractivity (Wildman–Crippen MR) is 138 cm³/mol. The molecule has 3 aromatic rings. The third-order valence-corrected chi connectivity index (χ3v) is 7.87. The molecule has 0 saturated carbocycles. The standard InChI is InChI=1S/C27H27N3O5S/c31-26(32)18-24(19-8-2-1-3-9-19)36(34,35)23-13-7-12-22(17-23)30-27(33)20-10-6-11-21(16-20)29-25-14-4-5-15-28-25/h1-3,6-14,16-17,24,28-29H,4-5,15,18H2,(H,30,33)(H,31,32). The Kier molecular flexibility index (Phi) is 7.70. The predicted octanol–water partition coefficient (Wildman–Crippen LogP) is 4.57. The first kappa shape index (κ1) is 25.0. The van der Waals surface area contributed by atoms with Gasteiger partial charge in [-0.2, -0.15) is 0 Å². The number of allylic oxidation sites excluding steroid dienone is 1. The first-order valence-electron chi connectivity index (χ1n) is 11.6. The van der Waals surface area contributed by atoms with Gasteiger partial charge in [0, 0.05) is 23.5 Å². The lowest BCUT2D eigenvalue weighted by Gasteiger charge is -2.18. The van der Waals surface area contributed by atoms with Gasteiger partial charge in [-0.25, -0.2) is 8.42 Å². The number of carboxylic acids is 1. The van der Waals surface area contributed by atoms with Gasteiger partial charge in [0.15, 0.2) is 9.84 Å². The number of amides is 1. The molecule has 1 amide bonds. The minimum absolute atomic E-state index is 0.0684. The number of carbonyl (C=O) groups is 2. The van der Waals surface area contributed by atoms with Gasteiger partial charge in [0.25, 0.3) is 5.91 Å². The number of benzene rings is 3. The van der Waals surface area contributed by atoms with Crippen LogP contribution >= 0.6 is 0 Å². The Labute approximate surface area is 210 Å². The average Bonchev–Trinajstić information content (AvgIpc) is 2.88. The fraction of sp³-hybridized carbons (Fsp3) is 0.185. The van der Waals surface area contributed by atoms with Gasteiger partial charge in [0.2, 0.25) is 0 Å². The lowest BCUT2D eigenvalue weighted by Crippen LogP contribution is -2.24. The number of aliphatic carboxylic acids is 1. The van der Waals surface area contributed by atoms with Gasteiger partial charge in [-0.15, -0.1) is 0 Å². The van der Waals surface area contributed by atoms with Crippen LogP contribution in [-0.2, 0) is 14.6 Å². The number of rotatable bonds is 9. The number of carboxylic acid groups (broad SMARTS) is 1. The molecule has 0 spiro atoms. The molecule has 4 rings (SSSR count). The third kappa shape index (κ3) is 6.11. The topological polar surface area (TPSA) is 125 Å². The molecule has 0 aromatic heterocycles. The summed E-state index contributed by atoms with van der Waals surface area (Å²) in [5.41, 5.74) is 1.83. The zero-order valence-corrected chi connectivity index (χ0v) is 20.3. The van der Waals surface area contributed by atoms with Crippen molar-refractivity contribution in [1.29, 1.82) is 0 Å². The maximum absolute atomic E-state index is 13.4. The van der Waals surface area contributed by atoms with E-state index in [1.807, 2.05) is 6.07 Å². The number of sulfone groups is 1. The fourth-order valence-corrected chi connectivity index (χ4v) is 5.75. The lowest BCUT2D eigenvalue weighted by atomic mass is 10.1. The number of hydrogen-bond donors (Lipinski definition) is 4. The molecule has 1 atom stereocenters. The number of carbonyl (C=O) groups excluding carboxylic acids is 1. The van der Waals surface area contributed by atoms with Gasteiger partial charge < -0.3 is 21.1 Å². The van der Waals surface area contributed by atoms with Crippen molar-refractivity contribution in [2.75, 3.05) is 17.2 Å². The molecule has 1 unspecified atom stereocenters. The molecule has 0 fully saturated rings. The van der Waals surface area contributed by atoms with Crippen LogP contribution < -0.4 is 16.0 Å². The minimum Gasteiger partial charge on any atom is -0.481 e. The summed E-state index contributed by atoms with van der Waals surface area (Å²) in [4.78, 5) is 24.3. The van der Waals surface area contributed by atoms with Crippen molar-refractivity contribution in [3.8, 4) is 0 Å². The van der Waals surface area contributed by atoms with Gasteiger partial charge in [0.05, 0.1) is 17.1 Å². The van der Waals surface area contributed by atoms with Crippen molar-refractivity contribution in [3.63, 3.8) is 0 Å². The Morgan fingerprint density at radius 3 is 2.42 bits per heavy atom. The maximum atomic E-state index is 13.4. The molecule has 0 radical (unpaired) electrons. The number of anilines is 2. The second kappa shape index (κ2) is 11.1. The van der Waals surface area contributed by atoms with Crippen molar-refractivity contribution in [3.05, 3.63) is 102 Å². The van der Waals surface area contributed by atoms with Crippen molar-refractivity contribution < 1.29 is 23.1 Å². The second-order valence-electron chi connectivity index (χ2n) is 8.42. The molecule has 1 heterocycles. The molecule has 8 nitrogen and oxygen atoms in total. The van der Waals surface area contributed by atoms with Crippen molar-refractivity contribution >= 4 is 33.1 Å².